The molecule has 9 nitrogen and oxygen atoms in total. The Morgan fingerprint density at radius 3 is 1.40 bits per heavy atom. The Hall–Kier alpha value is -1.51. The number of phosphoric ester groups is 1. The summed E-state index contributed by atoms with van der Waals surface area (Å²) in [5.41, 5.74) is 0. The first-order valence-corrected chi connectivity index (χ1v) is 25.5. The Kier molecular flexibility index (Phi) is 39.8. The van der Waals surface area contributed by atoms with Gasteiger partial charge in [-0.05, 0) is 44.9 Å². The summed E-state index contributed by atoms with van der Waals surface area (Å²) in [5.74, 6) is -0.841. The van der Waals surface area contributed by atoms with Crippen LogP contribution in [0.25, 0.3) is 0 Å². The molecule has 0 aromatic carbocycles. The molecule has 0 amide bonds. The fourth-order valence-corrected chi connectivity index (χ4v) is 7.41. The van der Waals surface area contributed by atoms with Gasteiger partial charge in [0, 0.05) is 12.8 Å². The van der Waals surface area contributed by atoms with E-state index < -0.39 is 26.5 Å². The van der Waals surface area contributed by atoms with Gasteiger partial charge in [0.05, 0.1) is 27.7 Å². The van der Waals surface area contributed by atoms with Crippen molar-refractivity contribution in [1.82, 2.24) is 0 Å². The number of allylic oxidation sites excluding steroid dienone is 4. The second kappa shape index (κ2) is 40.9. The van der Waals surface area contributed by atoms with Gasteiger partial charge in [-0.3, -0.25) is 14.2 Å². The number of rotatable bonds is 44. The van der Waals surface area contributed by atoms with Gasteiger partial charge in [-0.15, -0.1) is 0 Å². The molecule has 0 saturated heterocycles. The van der Waals surface area contributed by atoms with Crippen LogP contribution in [0.2, 0.25) is 0 Å². The first kappa shape index (κ1) is 56.5. The van der Waals surface area contributed by atoms with Crippen LogP contribution >= 0.6 is 7.82 Å². The summed E-state index contributed by atoms with van der Waals surface area (Å²) in [4.78, 5) is 37.6. The summed E-state index contributed by atoms with van der Waals surface area (Å²) >= 11 is 0. The lowest BCUT2D eigenvalue weighted by Gasteiger charge is -2.28. The molecule has 0 aliphatic carbocycles. The third-order valence-electron chi connectivity index (χ3n) is 10.5. The number of ether oxygens (including phenoxy) is 2. The maximum Gasteiger partial charge on any atom is 0.306 e. The fraction of sp³-hybridized carbons (Fsp3) is 0.875. The molecule has 0 N–H and O–H groups in total. The molecule has 0 aliphatic rings. The molecular formula is C48H92NO8P. The zero-order valence-electron chi connectivity index (χ0n) is 38.5. The normalized spacial score (nSPS) is 13.7. The van der Waals surface area contributed by atoms with Gasteiger partial charge >= 0.3 is 11.9 Å². The molecule has 0 aliphatic heterocycles. The lowest BCUT2D eigenvalue weighted by atomic mass is 10.0. The van der Waals surface area contributed by atoms with Crippen molar-refractivity contribution in [2.45, 2.75) is 225 Å². The van der Waals surface area contributed by atoms with Gasteiger partial charge in [0.25, 0.3) is 7.82 Å². The van der Waals surface area contributed by atoms with Crippen LogP contribution in [0.15, 0.2) is 24.3 Å². The lowest BCUT2D eigenvalue weighted by molar-refractivity contribution is -0.870. The van der Waals surface area contributed by atoms with E-state index in [4.69, 9.17) is 18.5 Å². The third-order valence-corrected chi connectivity index (χ3v) is 11.4. The van der Waals surface area contributed by atoms with Crippen molar-refractivity contribution in [3.63, 3.8) is 0 Å². The average molecular weight is 842 g/mol. The van der Waals surface area contributed by atoms with Crippen molar-refractivity contribution in [1.29, 1.82) is 0 Å². The van der Waals surface area contributed by atoms with Crippen LogP contribution < -0.4 is 4.89 Å². The van der Waals surface area contributed by atoms with Gasteiger partial charge in [0.1, 0.15) is 19.8 Å². The summed E-state index contributed by atoms with van der Waals surface area (Å²) in [6.45, 7) is 4.21. The molecule has 0 saturated carbocycles. The second-order valence-corrected chi connectivity index (χ2v) is 18.9. The summed E-state index contributed by atoms with van der Waals surface area (Å²) in [6.07, 6.45) is 44.9. The van der Waals surface area contributed by atoms with E-state index in [1.165, 1.54) is 128 Å². The van der Waals surface area contributed by atoms with Crippen molar-refractivity contribution in [2.75, 3.05) is 47.5 Å². The Bertz CT molecular complexity index is 1040. The molecule has 342 valence electrons. The van der Waals surface area contributed by atoms with Crippen LogP contribution in [-0.2, 0) is 32.7 Å². The predicted molar refractivity (Wildman–Crippen MR) is 241 cm³/mol. The maximum atomic E-state index is 12.7. The molecule has 0 spiro atoms. The van der Waals surface area contributed by atoms with Crippen LogP contribution in [0.3, 0.4) is 0 Å². The van der Waals surface area contributed by atoms with Gasteiger partial charge in [0.15, 0.2) is 6.10 Å². The van der Waals surface area contributed by atoms with Gasteiger partial charge < -0.3 is 27.9 Å². The monoisotopic (exact) mass is 842 g/mol. The zero-order valence-corrected chi connectivity index (χ0v) is 39.4. The van der Waals surface area contributed by atoms with Gasteiger partial charge in [-0.2, -0.15) is 0 Å². The van der Waals surface area contributed by atoms with E-state index in [9.17, 15) is 19.0 Å². The number of hydrogen-bond acceptors (Lipinski definition) is 8. The quantitative estimate of drug-likeness (QED) is 0.0196. The first-order valence-electron chi connectivity index (χ1n) is 24.0. The highest BCUT2D eigenvalue weighted by Gasteiger charge is 2.21. The zero-order chi connectivity index (χ0) is 42.8. The van der Waals surface area contributed by atoms with Crippen molar-refractivity contribution >= 4 is 19.8 Å². The summed E-state index contributed by atoms with van der Waals surface area (Å²) in [5, 5.41) is 0. The smallest absolute Gasteiger partial charge is 0.306 e. The third kappa shape index (κ3) is 44.1. The lowest BCUT2D eigenvalue weighted by Crippen LogP contribution is -2.37. The molecule has 0 heterocycles. The average Bonchev–Trinajstić information content (AvgIpc) is 3.17. The number of hydrogen-bond donors (Lipinski definition) is 0. The Balaban J connectivity index is 4.27. The molecule has 10 heteroatoms. The van der Waals surface area contributed by atoms with E-state index in [-0.39, 0.29) is 32.0 Å². The van der Waals surface area contributed by atoms with E-state index in [1.807, 2.05) is 21.1 Å². The van der Waals surface area contributed by atoms with E-state index in [0.29, 0.717) is 17.4 Å². The highest BCUT2D eigenvalue weighted by atomic mass is 31.2. The Morgan fingerprint density at radius 2 is 0.931 bits per heavy atom. The fourth-order valence-electron chi connectivity index (χ4n) is 6.69. The summed E-state index contributed by atoms with van der Waals surface area (Å²) in [6, 6.07) is 0. The summed E-state index contributed by atoms with van der Waals surface area (Å²) in [7, 11) is 1.16. The number of nitrogens with zero attached hydrogens (tertiary/aromatic N) is 1. The van der Waals surface area contributed by atoms with Gasteiger partial charge in [-0.1, -0.05) is 186 Å². The molecule has 0 radical (unpaired) electrons. The molecule has 0 fully saturated rings. The molecule has 2 atom stereocenters. The van der Waals surface area contributed by atoms with Crippen LogP contribution in [-0.4, -0.2) is 70.0 Å². The van der Waals surface area contributed by atoms with Gasteiger partial charge in [-0.25, -0.2) is 0 Å². The number of quaternary nitrogens is 1. The number of likely N-dealkylation sites (N-methyl/N-ethyl adjacent to an activating group) is 1. The van der Waals surface area contributed by atoms with Crippen molar-refractivity contribution in [2.24, 2.45) is 0 Å². The minimum absolute atomic E-state index is 0.0318. The van der Waals surface area contributed by atoms with E-state index >= 15 is 0 Å². The van der Waals surface area contributed by atoms with Crippen LogP contribution in [0.4, 0.5) is 0 Å². The van der Waals surface area contributed by atoms with E-state index in [1.54, 1.807) is 0 Å². The molecule has 0 aromatic rings. The van der Waals surface area contributed by atoms with E-state index in [0.717, 1.165) is 57.8 Å². The number of carbonyl (C=O) groups excluding carboxylic acids is 2. The number of phosphoric acid groups is 1. The van der Waals surface area contributed by atoms with Crippen molar-refractivity contribution in [3.05, 3.63) is 24.3 Å². The van der Waals surface area contributed by atoms with E-state index in [2.05, 4.69) is 38.2 Å². The number of unbranched alkanes of at least 4 members (excludes halogenated alkanes) is 26. The van der Waals surface area contributed by atoms with Crippen molar-refractivity contribution < 1.29 is 42.1 Å². The van der Waals surface area contributed by atoms with Crippen LogP contribution in [0.5, 0.6) is 0 Å². The first-order chi connectivity index (χ1) is 28.0. The highest BCUT2D eigenvalue weighted by molar-refractivity contribution is 7.45. The molecule has 0 aromatic heterocycles. The maximum absolute atomic E-state index is 12.7. The Morgan fingerprint density at radius 1 is 0.534 bits per heavy atom. The standard InChI is InChI=1S/C48H92NO8P/c1-6-8-10-12-14-16-18-20-22-23-24-25-27-28-30-32-34-36-38-40-47(50)54-44-46(45-56-58(52,53)55-43-42-49(3,4)5)57-48(51)41-39-37-35-33-31-29-26-21-19-17-15-13-11-9-7-2/h15,17,21,26,46H,6-14,16,18-20,22-25,27-45H2,1-5H3/b17-15+,26-21+/t46-/m1/s1. The molecule has 0 bridgehead atoms. The highest BCUT2D eigenvalue weighted by Crippen LogP contribution is 2.38. The number of esters is 2. The minimum atomic E-state index is -4.63. The Labute approximate surface area is 358 Å². The minimum Gasteiger partial charge on any atom is -0.756 e. The molecule has 58 heavy (non-hydrogen) atoms. The topological polar surface area (TPSA) is 111 Å². The predicted octanol–water partition coefficient (Wildman–Crippen LogP) is 13.3. The molecular weight excluding hydrogens is 750 g/mol. The largest absolute Gasteiger partial charge is 0.756 e. The second-order valence-electron chi connectivity index (χ2n) is 17.5. The SMILES string of the molecule is CCCCC/C=C/C/C=C/CCCCCCCC(=O)O[C@H](COC(=O)CCCCCCCCCCCCCCCCCCCCC)COP(=O)([O-])OCC[N+](C)(C)C. The molecule has 0 rings (SSSR count). The van der Waals surface area contributed by atoms with Crippen molar-refractivity contribution in [3.8, 4) is 0 Å². The van der Waals surface area contributed by atoms with Crippen LogP contribution in [0.1, 0.15) is 219 Å². The molecule has 1 unspecified atom stereocenters. The number of carbonyl (C=O) groups is 2. The van der Waals surface area contributed by atoms with Gasteiger partial charge in [0.2, 0.25) is 0 Å². The van der Waals surface area contributed by atoms with Crippen LogP contribution in [0, 0.1) is 0 Å². The summed E-state index contributed by atoms with van der Waals surface area (Å²) < 4.78 is 34.0.